The van der Waals surface area contributed by atoms with Gasteiger partial charge in [-0.2, -0.15) is 11.8 Å². The van der Waals surface area contributed by atoms with Crippen LogP contribution < -0.4 is 10.6 Å². The third-order valence-electron chi connectivity index (χ3n) is 2.47. The quantitative estimate of drug-likeness (QED) is 0.764. The molecule has 92 valence electrons. The van der Waals surface area contributed by atoms with E-state index < -0.39 is 0 Å². The zero-order valence-corrected chi connectivity index (χ0v) is 11.1. The number of rotatable bonds is 7. The first kappa shape index (κ1) is 13.3. The van der Waals surface area contributed by atoms with Crippen LogP contribution in [-0.4, -0.2) is 35.3 Å². The fraction of sp³-hybridized carbons (Fsp3) is 0.800. The third kappa shape index (κ3) is 4.02. The molecular formula is C10H20N4OS. The molecular weight excluding hydrogens is 224 g/mol. The maximum Gasteiger partial charge on any atom is 0.315 e. The molecule has 0 radical (unpaired) electrons. The van der Waals surface area contributed by atoms with Gasteiger partial charge in [-0.15, -0.1) is 5.10 Å². The highest BCUT2D eigenvalue weighted by Gasteiger charge is 2.11. The standard InChI is InChI=1S/C10H20N4OS/c1-7(16-4)5-6-12-10-14-13-9(15-10)8(2)11-3/h7-8,11H,5-6H2,1-4H3,(H,12,14). The van der Waals surface area contributed by atoms with Gasteiger partial charge in [-0.25, -0.2) is 0 Å². The van der Waals surface area contributed by atoms with E-state index in [-0.39, 0.29) is 6.04 Å². The maximum absolute atomic E-state index is 5.45. The van der Waals surface area contributed by atoms with Crippen LogP contribution in [0, 0.1) is 0 Å². The van der Waals surface area contributed by atoms with Crippen LogP contribution in [0.5, 0.6) is 0 Å². The summed E-state index contributed by atoms with van der Waals surface area (Å²) in [6.07, 6.45) is 3.20. The lowest BCUT2D eigenvalue weighted by atomic mass is 10.3. The number of hydrogen-bond acceptors (Lipinski definition) is 6. The van der Waals surface area contributed by atoms with Gasteiger partial charge in [-0.05, 0) is 26.6 Å². The highest BCUT2D eigenvalue weighted by Crippen LogP contribution is 2.14. The Hall–Kier alpha value is -0.750. The molecule has 0 saturated heterocycles. The lowest BCUT2D eigenvalue weighted by Crippen LogP contribution is -2.12. The Kier molecular flexibility index (Phi) is 5.62. The highest BCUT2D eigenvalue weighted by molar-refractivity contribution is 7.99. The SMILES string of the molecule is CNC(C)c1nnc(NCCC(C)SC)o1. The van der Waals surface area contributed by atoms with Crippen molar-refractivity contribution in [2.75, 3.05) is 25.2 Å². The fourth-order valence-electron chi connectivity index (χ4n) is 1.10. The summed E-state index contributed by atoms with van der Waals surface area (Å²) in [4.78, 5) is 0. The molecule has 2 unspecified atom stereocenters. The van der Waals surface area contributed by atoms with Gasteiger partial charge >= 0.3 is 6.01 Å². The molecule has 6 heteroatoms. The molecule has 5 nitrogen and oxygen atoms in total. The van der Waals surface area contributed by atoms with Crippen LogP contribution in [0.1, 0.15) is 32.2 Å². The Morgan fingerprint density at radius 3 is 2.75 bits per heavy atom. The van der Waals surface area contributed by atoms with Crippen LogP contribution in [0.3, 0.4) is 0 Å². The molecule has 2 N–H and O–H groups in total. The minimum atomic E-state index is 0.0909. The van der Waals surface area contributed by atoms with E-state index in [2.05, 4.69) is 34.0 Å². The molecule has 1 aromatic rings. The average Bonchev–Trinajstić information content (AvgIpc) is 2.76. The fourth-order valence-corrected chi connectivity index (χ4v) is 1.46. The molecule has 0 amide bonds. The van der Waals surface area contributed by atoms with Crippen molar-refractivity contribution in [1.82, 2.24) is 15.5 Å². The lowest BCUT2D eigenvalue weighted by molar-refractivity contribution is 0.441. The van der Waals surface area contributed by atoms with E-state index in [0.717, 1.165) is 13.0 Å². The number of hydrogen-bond donors (Lipinski definition) is 2. The van der Waals surface area contributed by atoms with Crippen molar-refractivity contribution in [2.45, 2.75) is 31.6 Å². The first-order chi connectivity index (χ1) is 7.67. The Morgan fingerprint density at radius 1 is 1.38 bits per heavy atom. The van der Waals surface area contributed by atoms with Gasteiger partial charge in [0.05, 0.1) is 6.04 Å². The Balaban J connectivity index is 2.35. The van der Waals surface area contributed by atoms with Crippen molar-refractivity contribution in [3.05, 3.63) is 5.89 Å². The van der Waals surface area contributed by atoms with Gasteiger partial charge in [-0.1, -0.05) is 12.0 Å². The molecule has 0 aliphatic rings. The van der Waals surface area contributed by atoms with Gasteiger partial charge in [0, 0.05) is 11.8 Å². The molecule has 0 fully saturated rings. The third-order valence-corrected chi connectivity index (χ3v) is 3.51. The van der Waals surface area contributed by atoms with Gasteiger partial charge in [0.2, 0.25) is 5.89 Å². The van der Waals surface area contributed by atoms with Gasteiger partial charge in [0.1, 0.15) is 0 Å². The monoisotopic (exact) mass is 244 g/mol. The predicted octanol–water partition coefficient (Wildman–Crippen LogP) is 1.90. The van der Waals surface area contributed by atoms with Gasteiger partial charge in [0.15, 0.2) is 0 Å². The van der Waals surface area contributed by atoms with Crippen molar-refractivity contribution in [1.29, 1.82) is 0 Å². The van der Waals surface area contributed by atoms with E-state index >= 15 is 0 Å². The molecule has 2 atom stereocenters. The van der Waals surface area contributed by atoms with Crippen LogP contribution in [0.4, 0.5) is 6.01 Å². The van der Waals surface area contributed by atoms with Gasteiger partial charge in [0.25, 0.3) is 0 Å². The van der Waals surface area contributed by atoms with Crippen molar-refractivity contribution < 1.29 is 4.42 Å². The second-order valence-corrected chi connectivity index (χ2v) is 4.99. The van der Waals surface area contributed by atoms with E-state index in [1.807, 2.05) is 25.7 Å². The van der Waals surface area contributed by atoms with Crippen LogP contribution in [0.15, 0.2) is 4.42 Å². The van der Waals surface area contributed by atoms with Gasteiger partial charge in [-0.3, -0.25) is 0 Å². The summed E-state index contributed by atoms with van der Waals surface area (Å²) >= 11 is 1.86. The maximum atomic E-state index is 5.45. The van der Waals surface area contributed by atoms with Crippen LogP contribution in [0.2, 0.25) is 0 Å². The number of anilines is 1. The van der Waals surface area contributed by atoms with Crippen molar-refractivity contribution in [3.8, 4) is 0 Å². The summed E-state index contributed by atoms with van der Waals surface area (Å²) in [5.41, 5.74) is 0. The predicted molar refractivity (Wildman–Crippen MR) is 67.9 cm³/mol. The normalized spacial score (nSPS) is 14.8. The molecule has 1 aromatic heterocycles. The first-order valence-corrected chi connectivity index (χ1v) is 6.73. The molecule has 0 bridgehead atoms. The van der Waals surface area contributed by atoms with Crippen LogP contribution in [0.25, 0.3) is 0 Å². The van der Waals surface area contributed by atoms with Gasteiger partial charge < -0.3 is 15.1 Å². The topological polar surface area (TPSA) is 63.0 Å². The molecule has 0 saturated carbocycles. The van der Waals surface area contributed by atoms with E-state index in [4.69, 9.17) is 4.42 Å². The summed E-state index contributed by atoms with van der Waals surface area (Å²) < 4.78 is 5.45. The summed E-state index contributed by atoms with van der Waals surface area (Å²) in [6, 6.07) is 0.596. The molecule has 0 aromatic carbocycles. The van der Waals surface area contributed by atoms with E-state index in [9.17, 15) is 0 Å². The van der Waals surface area contributed by atoms with Crippen molar-refractivity contribution in [3.63, 3.8) is 0 Å². The van der Waals surface area contributed by atoms with Crippen LogP contribution >= 0.6 is 11.8 Å². The minimum Gasteiger partial charge on any atom is -0.406 e. The number of thioether (sulfide) groups is 1. The Labute approximate surface area is 101 Å². The number of aromatic nitrogens is 2. The van der Waals surface area contributed by atoms with Crippen LogP contribution in [-0.2, 0) is 0 Å². The number of nitrogens with one attached hydrogen (secondary N) is 2. The van der Waals surface area contributed by atoms with E-state index in [1.165, 1.54) is 0 Å². The molecule has 0 aliphatic heterocycles. The molecule has 1 heterocycles. The number of nitrogens with zero attached hydrogens (tertiary/aromatic N) is 2. The van der Waals surface area contributed by atoms with Crippen molar-refractivity contribution >= 4 is 17.8 Å². The zero-order chi connectivity index (χ0) is 12.0. The second-order valence-electron chi connectivity index (χ2n) is 3.72. The van der Waals surface area contributed by atoms with E-state index in [0.29, 0.717) is 17.2 Å². The summed E-state index contributed by atoms with van der Waals surface area (Å²) in [6.45, 7) is 5.04. The molecule has 16 heavy (non-hydrogen) atoms. The Morgan fingerprint density at radius 2 is 2.12 bits per heavy atom. The zero-order valence-electron chi connectivity index (χ0n) is 10.3. The van der Waals surface area contributed by atoms with Crippen molar-refractivity contribution in [2.24, 2.45) is 0 Å². The molecule has 0 aliphatic carbocycles. The van der Waals surface area contributed by atoms with E-state index in [1.54, 1.807) is 0 Å². The lowest BCUT2D eigenvalue weighted by Gasteiger charge is -2.07. The molecule has 0 spiro atoms. The summed E-state index contributed by atoms with van der Waals surface area (Å²) in [7, 11) is 1.86. The summed E-state index contributed by atoms with van der Waals surface area (Å²) in [5, 5.41) is 14.7. The highest BCUT2D eigenvalue weighted by atomic mass is 32.2. The first-order valence-electron chi connectivity index (χ1n) is 5.44. The Bertz CT molecular complexity index is 305. The molecule has 1 rings (SSSR count). The second kappa shape index (κ2) is 6.75. The largest absolute Gasteiger partial charge is 0.406 e. The smallest absolute Gasteiger partial charge is 0.315 e. The minimum absolute atomic E-state index is 0.0909. The average molecular weight is 244 g/mol. The summed E-state index contributed by atoms with van der Waals surface area (Å²) in [5.74, 6) is 0.614.